The van der Waals surface area contributed by atoms with Crippen molar-refractivity contribution in [3.63, 3.8) is 0 Å². The maximum atomic E-state index is 5.34. The summed E-state index contributed by atoms with van der Waals surface area (Å²) in [6.45, 7) is 7.91. The second-order valence-electron chi connectivity index (χ2n) is 3.76. The number of nitrogens with two attached hydrogens (primary N) is 1. The molecule has 0 fully saturated rings. The molecule has 0 aromatic heterocycles. The van der Waals surface area contributed by atoms with E-state index in [1.54, 1.807) is 6.20 Å². The molecule has 0 unspecified atom stereocenters. The van der Waals surface area contributed by atoms with E-state index in [1.807, 2.05) is 0 Å². The maximum absolute atomic E-state index is 5.34. The molecule has 0 rings (SSSR count). The predicted molar refractivity (Wildman–Crippen MR) is 74.9 cm³/mol. The summed E-state index contributed by atoms with van der Waals surface area (Å²) in [5, 5.41) is 2.97. The molecule has 0 bridgehead atoms. The summed E-state index contributed by atoms with van der Waals surface area (Å²) in [7, 11) is 0. The summed E-state index contributed by atoms with van der Waals surface area (Å²) in [5.41, 5.74) is 5.16. The van der Waals surface area contributed by atoms with Crippen LogP contribution in [0.2, 0.25) is 0 Å². The summed E-state index contributed by atoms with van der Waals surface area (Å²) in [4.78, 5) is 0. The molecule has 114 valence electrons. The van der Waals surface area contributed by atoms with Crippen LogP contribution < -0.4 is 11.1 Å². The quantitative estimate of drug-likeness (QED) is 0.424. The van der Waals surface area contributed by atoms with Crippen molar-refractivity contribution in [3.8, 4) is 0 Å². The first-order valence-corrected chi connectivity index (χ1v) is 6.83. The van der Waals surface area contributed by atoms with Crippen molar-refractivity contribution in [1.82, 2.24) is 5.32 Å². The van der Waals surface area contributed by atoms with E-state index in [-0.39, 0.29) is 0 Å². The summed E-state index contributed by atoms with van der Waals surface area (Å²) < 4.78 is 21.3. The summed E-state index contributed by atoms with van der Waals surface area (Å²) in [6, 6.07) is 0. The van der Waals surface area contributed by atoms with Gasteiger partial charge < -0.3 is 30.0 Å². The summed E-state index contributed by atoms with van der Waals surface area (Å²) >= 11 is 0. The molecule has 0 spiro atoms. The van der Waals surface area contributed by atoms with Crippen LogP contribution in [0.25, 0.3) is 0 Å². The van der Waals surface area contributed by atoms with E-state index in [0.29, 0.717) is 46.2 Å². The van der Waals surface area contributed by atoms with Crippen molar-refractivity contribution < 1.29 is 18.9 Å². The Balaban J connectivity index is 2.91. The lowest BCUT2D eigenvalue weighted by Crippen LogP contribution is -2.16. The van der Waals surface area contributed by atoms with Gasteiger partial charge in [-0.05, 0) is 6.42 Å². The van der Waals surface area contributed by atoms with E-state index in [9.17, 15) is 0 Å². The zero-order chi connectivity index (χ0) is 14.0. The molecule has 3 N–H and O–H groups in total. The Hall–Kier alpha value is -0.820. The second kappa shape index (κ2) is 17.2. The van der Waals surface area contributed by atoms with E-state index in [4.69, 9.17) is 24.7 Å². The Morgan fingerprint density at radius 1 is 0.789 bits per heavy atom. The first-order valence-electron chi connectivity index (χ1n) is 6.83. The fourth-order valence-electron chi connectivity index (χ4n) is 1.19. The standard InChI is InChI=1S/C13H28N2O4/c1-2-6-16-8-10-18-12-13-19-11-9-17-7-5-15-4-3-14/h3-4,15H,2,5-14H2,1H3/b4-3-. The topological polar surface area (TPSA) is 75.0 Å². The Kier molecular flexibility index (Phi) is 16.4. The van der Waals surface area contributed by atoms with Crippen LogP contribution in [0.5, 0.6) is 0 Å². The highest BCUT2D eigenvalue weighted by Crippen LogP contribution is 1.83. The fraction of sp³-hybridized carbons (Fsp3) is 0.846. The van der Waals surface area contributed by atoms with E-state index >= 15 is 0 Å². The third-order valence-corrected chi connectivity index (χ3v) is 2.07. The molecule has 0 saturated carbocycles. The van der Waals surface area contributed by atoms with Crippen LogP contribution in [0.4, 0.5) is 0 Å². The minimum Gasteiger partial charge on any atom is -0.403 e. The van der Waals surface area contributed by atoms with Crippen molar-refractivity contribution >= 4 is 0 Å². The van der Waals surface area contributed by atoms with Gasteiger partial charge in [0.1, 0.15) is 0 Å². The highest BCUT2D eigenvalue weighted by atomic mass is 16.6. The average Bonchev–Trinajstić information content (AvgIpc) is 2.43. The summed E-state index contributed by atoms with van der Waals surface area (Å²) in [5.74, 6) is 0. The lowest BCUT2D eigenvalue weighted by atomic mass is 10.5. The second-order valence-corrected chi connectivity index (χ2v) is 3.76. The highest BCUT2D eigenvalue weighted by molar-refractivity contribution is 4.71. The largest absolute Gasteiger partial charge is 0.403 e. The SMILES string of the molecule is CCCOCCOCCOCCOCCN/C=C\N. The Morgan fingerprint density at radius 3 is 1.74 bits per heavy atom. The first-order chi connectivity index (χ1) is 9.41. The van der Waals surface area contributed by atoms with Crippen LogP contribution in [-0.4, -0.2) is 59.4 Å². The predicted octanol–water partition coefficient (Wildman–Crippen LogP) is 0.482. The van der Waals surface area contributed by atoms with Gasteiger partial charge in [0.05, 0.1) is 46.2 Å². The van der Waals surface area contributed by atoms with Gasteiger partial charge in [-0.2, -0.15) is 0 Å². The van der Waals surface area contributed by atoms with Crippen LogP contribution in [-0.2, 0) is 18.9 Å². The normalized spacial score (nSPS) is 11.2. The minimum absolute atomic E-state index is 0.586. The van der Waals surface area contributed by atoms with Gasteiger partial charge in [0, 0.05) is 25.6 Å². The fourth-order valence-corrected chi connectivity index (χ4v) is 1.19. The van der Waals surface area contributed by atoms with Crippen molar-refractivity contribution in [1.29, 1.82) is 0 Å². The zero-order valence-electron chi connectivity index (χ0n) is 11.9. The smallest absolute Gasteiger partial charge is 0.0701 e. The molecule has 0 aliphatic heterocycles. The monoisotopic (exact) mass is 276 g/mol. The molecule has 0 amide bonds. The number of ether oxygens (including phenoxy) is 4. The number of hydrogen-bond acceptors (Lipinski definition) is 6. The minimum atomic E-state index is 0.586. The molecule has 0 atom stereocenters. The van der Waals surface area contributed by atoms with Gasteiger partial charge in [-0.1, -0.05) is 6.92 Å². The van der Waals surface area contributed by atoms with Crippen LogP contribution >= 0.6 is 0 Å². The number of hydrogen-bond donors (Lipinski definition) is 2. The van der Waals surface area contributed by atoms with Crippen LogP contribution in [0.3, 0.4) is 0 Å². The van der Waals surface area contributed by atoms with Gasteiger partial charge in [-0.3, -0.25) is 0 Å². The third kappa shape index (κ3) is 17.2. The number of rotatable bonds is 15. The van der Waals surface area contributed by atoms with E-state index in [2.05, 4.69) is 12.2 Å². The van der Waals surface area contributed by atoms with Crippen molar-refractivity contribution in [2.75, 3.05) is 59.4 Å². The molecule has 6 heteroatoms. The zero-order valence-corrected chi connectivity index (χ0v) is 11.9. The molecule has 0 aromatic rings. The molecule has 6 nitrogen and oxygen atoms in total. The molecule has 0 saturated heterocycles. The Labute approximate surface area is 116 Å². The lowest BCUT2D eigenvalue weighted by Gasteiger charge is -2.07. The lowest BCUT2D eigenvalue weighted by molar-refractivity contribution is -0.00120. The molecule has 0 radical (unpaired) electrons. The average molecular weight is 276 g/mol. The summed E-state index contributed by atoms with van der Waals surface area (Å²) in [6.07, 6.45) is 4.18. The molecular weight excluding hydrogens is 248 g/mol. The molecular formula is C13H28N2O4. The van der Waals surface area contributed by atoms with Crippen LogP contribution in [0.15, 0.2) is 12.4 Å². The van der Waals surface area contributed by atoms with Gasteiger partial charge in [0.25, 0.3) is 0 Å². The van der Waals surface area contributed by atoms with Gasteiger partial charge in [-0.15, -0.1) is 0 Å². The Morgan fingerprint density at radius 2 is 1.26 bits per heavy atom. The molecule has 0 aliphatic rings. The van der Waals surface area contributed by atoms with E-state index in [1.165, 1.54) is 6.20 Å². The van der Waals surface area contributed by atoms with Crippen LogP contribution in [0.1, 0.15) is 13.3 Å². The van der Waals surface area contributed by atoms with Gasteiger partial charge in [0.15, 0.2) is 0 Å². The van der Waals surface area contributed by atoms with Gasteiger partial charge in [-0.25, -0.2) is 0 Å². The number of nitrogens with one attached hydrogen (secondary N) is 1. The van der Waals surface area contributed by atoms with Crippen molar-refractivity contribution in [3.05, 3.63) is 12.4 Å². The first kappa shape index (κ1) is 18.2. The van der Waals surface area contributed by atoms with E-state index in [0.717, 1.165) is 19.6 Å². The van der Waals surface area contributed by atoms with Gasteiger partial charge >= 0.3 is 0 Å². The van der Waals surface area contributed by atoms with Crippen molar-refractivity contribution in [2.24, 2.45) is 5.73 Å². The van der Waals surface area contributed by atoms with E-state index < -0.39 is 0 Å². The highest BCUT2D eigenvalue weighted by Gasteiger charge is 1.92. The Bertz CT molecular complexity index is 191. The van der Waals surface area contributed by atoms with Crippen molar-refractivity contribution in [2.45, 2.75) is 13.3 Å². The maximum Gasteiger partial charge on any atom is 0.0701 e. The van der Waals surface area contributed by atoms with Crippen LogP contribution in [0, 0.1) is 0 Å². The molecule has 0 heterocycles. The molecule has 0 aliphatic carbocycles. The molecule has 19 heavy (non-hydrogen) atoms. The third-order valence-electron chi connectivity index (χ3n) is 2.07. The molecule has 0 aromatic carbocycles. The van der Waals surface area contributed by atoms with Gasteiger partial charge in [0.2, 0.25) is 0 Å².